The first-order chi connectivity index (χ1) is 16.0. The number of nitrogens with two attached hydrogens (primary N) is 3. The molecule has 16 nitrogen and oxygen atoms in total. The first kappa shape index (κ1) is 25.9. The lowest BCUT2D eigenvalue weighted by atomic mass is 10.1. The average molecular weight is 519 g/mol. The number of aromatic nitrogens is 4. The van der Waals surface area contributed by atoms with E-state index in [9.17, 15) is 26.7 Å². The van der Waals surface area contributed by atoms with Crippen LogP contribution in [0.25, 0.3) is 11.4 Å². The fraction of sp³-hybridized carbons (Fsp3) is 0.500. The Morgan fingerprint density at radius 2 is 1.85 bits per heavy atom. The lowest BCUT2D eigenvalue weighted by Crippen LogP contribution is -2.50. The minimum Gasteiger partial charge on any atom is -0.390 e. The van der Waals surface area contributed by atoms with Gasteiger partial charge in [0.15, 0.2) is 0 Å². The number of rotatable bonds is 9. The zero-order chi connectivity index (χ0) is 25.1. The van der Waals surface area contributed by atoms with Crippen LogP contribution in [-0.4, -0.2) is 105 Å². The fourth-order valence-corrected chi connectivity index (χ4v) is 6.15. The summed E-state index contributed by atoms with van der Waals surface area (Å²) in [4.78, 5) is 13.8. The Hall–Kier alpha value is -2.74. The van der Waals surface area contributed by atoms with Crippen molar-refractivity contribution in [1.82, 2.24) is 30.2 Å². The summed E-state index contributed by atoms with van der Waals surface area (Å²) in [5, 5.41) is 28.4. The lowest BCUT2D eigenvalue weighted by Gasteiger charge is -2.37. The van der Waals surface area contributed by atoms with Crippen LogP contribution in [0.15, 0.2) is 21.9 Å². The van der Waals surface area contributed by atoms with Gasteiger partial charge in [-0.2, -0.15) is 5.21 Å². The zero-order valence-corrected chi connectivity index (χ0v) is 19.6. The Labute approximate surface area is 195 Å². The SMILES string of the molecule is NCC(=O)N1CCN(c2ccc(S(=O)(=O)NC[C@H](O)CN)c(S(N)(=O)=O)c2-c2nn[nH]n2)CC1. The average Bonchev–Trinajstić information content (AvgIpc) is 3.35. The van der Waals surface area contributed by atoms with Crippen molar-refractivity contribution in [2.45, 2.75) is 15.9 Å². The van der Waals surface area contributed by atoms with Gasteiger partial charge < -0.3 is 26.4 Å². The number of primary sulfonamides is 1. The van der Waals surface area contributed by atoms with Crippen molar-refractivity contribution >= 4 is 31.6 Å². The summed E-state index contributed by atoms with van der Waals surface area (Å²) in [6, 6.07) is 2.49. The quantitative estimate of drug-likeness (QED) is 0.184. The first-order valence-electron chi connectivity index (χ1n) is 10.0. The number of hydrogen-bond donors (Lipinski definition) is 6. The van der Waals surface area contributed by atoms with E-state index in [2.05, 4.69) is 25.3 Å². The van der Waals surface area contributed by atoms with Gasteiger partial charge in [-0.05, 0) is 17.3 Å². The maximum Gasteiger partial charge on any atom is 0.242 e. The van der Waals surface area contributed by atoms with Crippen molar-refractivity contribution in [3.8, 4) is 11.4 Å². The number of tetrazole rings is 1. The molecule has 1 aliphatic rings. The summed E-state index contributed by atoms with van der Waals surface area (Å²) < 4.78 is 53.4. The predicted molar refractivity (Wildman–Crippen MR) is 119 cm³/mol. The summed E-state index contributed by atoms with van der Waals surface area (Å²) in [7, 11) is -9.10. The van der Waals surface area contributed by atoms with E-state index in [1.54, 1.807) is 9.80 Å². The second-order valence-electron chi connectivity index (χ2n) is 7.38. The molecule has 1 atom stereocenters. The molecule has 1 aliphatic heterocycles. The first-order valence-corrected chi connectivity index (χ1v) is 13.1. The molecule has 9 N–H and O–H groups in total. The molecule has 1 fully saturated rings. The van der Waals surface area contributed by atoms with Crippen LogP contribution in [0.3, 0.4) is 0 Å². The standard InChI is InChI=1S/C16H26N10O6S2/c17-7-10(27)9-20-34(31,32)12-2-1-11(25-3-5-26(6-4-25)13(28)8-18)14(15(12)33(19,29)30)16-21-23-24-22-16/h1-2,10,20,27H,3-9,17-18H2,(H2,19,29,30)(H,21,22,23,24)/t10-/m1/s1. The molecule has 34 heavy (non-hydrogen) atoms. The highest BCUT2D eigenvalue weighted by Crippen LogP contribution is 2.38. The maximum absolute atomic E-state index is 13.0. The Kier molecular flexibility index (Phi) is 7.81. The highest BCUT2D eigenvalue weighted by atomic mass is 32.2. The molecule has 0 radical (unpaired) electrons. The molecule has 0 unspecified atom stereocenters. The normalized spacial score (nSPS) is 16.0. The number of aliphatic hydroxyl groups excluding tert-OH is 1. The molecule has 3 rings (SSSR count). The number of nitrogens with one attached hydrogen (secondary N) is 2. The van der Waals surface area contributed by atoms with Gasteiger partial charge in [0.25, 0.3) is 0 Å². The lowest BCUT2D eigenvalue weighted by molar-refractivity contribution is -0.129. The molecule has 1 aromatic heterocycles. The number of nitrogens with zero attached hydrogens (tertiary/aromatic N) is 5. The van der Waals surface area contributed by atoms with Crippen molar-refractivity contribution in [2.75, 3.05) is 50.7 Å². The van der Waals surface area contributed by atoms with Gasteiger partial charge in [0.2, 0.25) is 31.8 Å². The smallest absolute Gasteiger partial charge is 0.242 e. The van der Waals surface area contributed by atoms with E-state index in [0.717, 1.165) is 6.07 Å². The third-order valence-corrected chi connectivity index (χ3v) is 7.76. The van der Waals surface area contributed by atoms with Gasteiger partial charge in [-0.15, -0.1) is 10.2 Å². The van der Waals surface area contributed by atoms with Crippen molar-refractivity contribution in [3.63, 3.8) is 0 Å². The number of carbonyl (C=O) groups is 1. The van der Waals surface area contributed by atoms with Gasteiger partial charge in [0.1, 0.15) is 9.79 Å². The van der Waals surface area contributed by atoms with Gasteiger partial charge >= 0.3 is 0 Å². The van der Waals surface area contributed by atoms with E-state index in [0.29, 0.717) is 26.2 Å². The van der Waals surface area contributed by atoms with Crippen LogP contribution in [0, 0.1) is 0 Å². The van der Waals surface area contributed by atoms with Crippen molar-refractivity contribution in [2.24, 2.45) is 16.6 Å². The van der Waals surface area contributed by atoms with Crippen molar-refractivity contribution in [1.29, 1.82) is 0 Å². The van der Waals surface area contributed by atoms with Gasteiger partial charge in [-0.25, -0.2) is 26.7 Å². The molecular formula is C16H26N10O6S2. The maximum atomic E-state index is 13.0. The molecule has 2 heterocycles. The molecule has 0 aliphatic carbocycles. The van der Waals surface area contributed by atoms with Crippen LogP contribution in [0.2, 0.25) is 0 Å². The van der Waals surface area contributed by atoms with Crippen LogP contribution < -0.4 is 26.2 Å². The molecule has 188 valence electrons. The van der Waals surface area contributed by atoms with E-state index in [1.165, 1.54) is 6.07 Å². The number of benzene rings is 1. The number of sulfonamides is 2. The van der Waals surface area contributed by atoms with Crippen molar-refractivity contribution in [3.05, 3.63) is 12.1 Å². The Bertz CT molecular complexity index is 1230. The molecule has 0 saturated carbocycles. The second kappa shape index (κ2) is 10.3. The summed E-state index contributed by atoms with van der Waals surface area (Å²) >= 11 is 0. The third-order valence-electron chi connectivity index (χ3n) is 5.17. The molecular weight excluding hydrogens is 492 g/mol. The number of aliphatic hydroxyl groups is 1. The van der Waals surface area contributed by atoms with Crippen LogP contribution in [0.1, 0.15) is 0 Å². The van der Waals surface area contributed by atoms with E-state index >= 15 is 0 Å². The topological polar surface area (TPSA) is 257 Å². The molecule has 2 aromatic rings. The Morgan fingerprint density at radius 3 is 2.38 bits per heavy atom. The Morgan fingerprint density at radius 1 is 1.18 bits per heavy atom. The molecule has 0 spiro atoms. The van der Waals surface area contributed by atoms with E-state index in [4.69, 9.17) is 16.6 Å². The summed E-state index contributed by atoms with van der Waals surface area (Å²) in [5.41, 5.74) is 10.8. The van der Waals surface area contributed by atoms with Crippen LogP contribution in [0.4, 0.5) is 5.69 Å². The number of carbonyl (C=O) groups excluding carboxylic acids is 1. The Balaban J connectivity index is 2.14. The van der Waals surface area contributed by atoms with E-state index in [-0.39, 0.29) is 36.1 Å². The number of anilines is 1. The number of piperazine rings is 1. The third kappa shape index (κ3) is 5.49. The fourth-order valence-electron chi connectivity index (χ4n) is 3.49. The van der Waals surface area contributed by atoms with Gasteiger partial charge in [-0.3, -0.25) is 4.79 Å². The van der Waals surface area contributed by atoms with Crippen LogP contribution in [-0.2, 0) is 24.8 Å². The highest BCUT2D eigenvalue weighted by Gasteiger charge is 2.34. The van der Waals surface area contributed by atoms with Gasteiger partial charge in [-0.1, -0.05) is 0 Å². The highest BCUT2D eigenvalue weighted by molar-refractivity contribution is 7.92. The molecule has 18 heteroatoms. The molecule has 1 aromatic carbocycles. The second-order valence-corrected chi connectivity index (χ2v) is 10.6. The van der Waals surface area contributed by atoms with E-state index in [1.807, 2.05) is 0 Å². The van der Waals surface area contributed by atoms with E-state index < -0.39 is 42.5 Å². The minimum atomic E-state index is -4.64. The van der Waals surface area contributed by atoms with Gasteiger partial charge in [0.05, 0.1) is 18.2 Å². The number of H-pyrrole nitrogens is 1. The largest absolute Gasteiger partial charge is 0.390 e. The van der Waals surface area contributed by atoms with Crippen LogP contribution in [0.5, 0.6) is 0 Å². The van der Waals surface area contributed by atoms with Crippen LogP contribution >= 0.6 is 0 Å². The number of aromatic amines is 1. The summed E-state index contributed by atoms with van der Waals surface area (Å²) in [6.45, 7) is 0.426. The zero-order valence-electron chi connectivity index (χ0n) is 18.0. The van der Waals surface area contributed by atoms with Gasteiger partial charge in [0, 0.05) is 45.0 Å². The number of hydrogen-bond acceptors (Lipinski definition) is 12. The monoisotopic (exact) mass is 518 g/mol. The summed E-state index contributed by atoms with van der Waals surface area (Å²) in [6.07, 6.45) is -1.18. The minimum absolute atomic E-state index is 0.137. The molecule has 1 amide bonds. The molecule has 0 bridgehead atoms. The number of amides is 1. The molecule has 1 saturated heterocycles. The summed E-state index contributed by atoms with van der Waals surface area (Å²) in [5.74, 6) is -0.422. The van der Waals surface area contributed by atoms with Crippen molar-refractivity contribution < 1.29 is 26.7 Å². The predicted octanol–water partition coefficient (Wildman–Crippen LogP) is -4.28.